The van der Waals surface area contributed by atoms with Crippen molar-refractivity contribution in [3.05, 3.63) is 53.1 Å². The first-order chi connectivity index (χ1) is 12.1. The first kappa shape index (κ1) is 17.1. The maximum Gasteiger partial charge on any atom is 0.243 e. The molecule has 0 saturated heterocycles. The van der Waals surface area contributed by atoms with Crippen LogP contribution in [0.1, 0.15) is 5.56 Å². The number of benzene rings is 2. The Labute approximate surface area is 150 Å². The second kappa shape index (κ2) is 7.90. The summed E-state index contributed by atoms with van der Waals surface area (Å²) in [5.74, 6) is 0.638. The summed E-state index contributed by atoms with van der Waals surface area (Å²) in [5.41, 5.74) is 1.29. The van der Waals surface area contributed by atoms with Crippen LogP contribution in [0.3, 0.4) is 0 Å². The third-order valence-corrected chi connectivity index (χ3v) is 3.95. The molecule has 0 fully saturated rings. The molecule has 2 amide bonds. The van der Waals surface area contributed by atoms with Gasteiger partial charge in [0.25, 0.3) is 0 Å². The molecular weight excluding hydrogens is 344 g/mol. The van der Waals surface area contributed by atoms with Crippen LogP contribution in [0.4, 0.5) is 5.69 Å². The zero-order valence-corrected chi connectivity index (χ0v) is 14.1. The van der Waals surface area contributed by atoms with Crippen LogP contribution in [0.2, 0.25) is 5.02 Å². The molecule has 6 nitrogen and oxygen atoms in total. The molecule has 0 spiro atoms. The lowest BCUT2D eigenvalue weighted by molar-refractivity contribution is -0.123. The number of fused-ring (bicyclic) bond motifs is 1. The Bertz CT molecular complexity index is 794. The minimum atomic E-state index is -0.329. The summed E-state index contributed by atoms with van der Waals surface area (Å²) < 4.78 is 10.9. The van der Waals surface area contributed by atoms with Crippen LogP contribution in [0.25, 0.3) is 0 Å². The molecule has 1 heterocycles. The van der Waals surface area contributed by atoms with Gasteiger partial charge >= 0.3 is 0 Å². The molecule has 0 radical (unpaired) electrons. The first-order valence-corrected chi connectivity index (χ1v) is 8.19. The van der Waals surface area contributed by atoms with Gasteiger partial charge < -0.3 is 20.1 Å². The maximum absolute atomic E-state index is 12.0. The van der Waals surface area contributed by atoms with E-state index in [1.54, 1.807) is 36.4 Å². The van der Waals surface area contributed by atoms with Gasteiger partial charge in [0.05, 0.1) is 13.0 Å². The maximum atomic E-state index is 12.0. The summed E-state index contributed by atoms with van der Waals surface area (Å²) in [6.45, 7) is 0.858. The van der Waals surface area contributed by atoms with Gasteiger partial charge in [0.1, 0.15) is 13.2 Å². The number of rotatable bonds is 5. The van der Waals surface area contributed by atoms with Crippen molar-refractivity contribution in [2.45, 2.75) is 6.42 Å². The summed E-state index contributed by atoms with van der Waals surface area (Å²) in [6, 6.07) is 12.2. The van der Waals surface area contributed by atoms with E-state index in [9.17, 15) is 9.59 Å². The van der Waals surface area contributed by atoms with Crippen LogP contribution >= 0.6 is 11.6 Å². The highest BCUT2D eigenvalue weighted by Crippen LogP contribution is 2.32. The molecule has 1 aliphatic heterocycles. The third kappa shape index (κ3) is 4.64. The number of ether oxygens (including phenoxy) is 2. The number of hydrogen-bond donors (Lipinski definition) is 2. The normalized spacial score (nSPS) is 12.4. The van der Waals surface area contributed by atoms with E-state index in [4.69, 9.17) is 21.1 Å². The van der Waals surface area contributed by atoms with E-state index < -0.39 is 0 Å². The monoisotopic (exact) mass is 360 g/mol. The van der Waals surface area contributed by atoms with Gasteiger partial charge in [-0.1, -0.05) is 29.8 Å². The standard InChI is InChI=1S/C18H17ClN2O4/c19-14-4-2-1-3-12(14)9-17(22)20-11-18(23)21-13-5-6-15-16(10-13)25-8-7-24-15/h1-6,10H,7-9,11H2,(H,20,22)(H,21,23). The van der Waals surface area contributed by atoms with Crippen LogP contribution in [-0.4, -0.2) is 31.6 Å². The molecule has 0 atom stereocenters. The van der Waals surface area contributed by atoms with Crippen LogP contribution in [-0.2, 0) is 16.0 Å². The molecule has 25 heavy (non-hydrogen) atoms. The Morgan fingerprint density at radius 1 is 1.00 bits per heavy atom. The molecule has 0 unspecified atom stereocenters. The van der Waals surface area contributed by atoms with Gasteiger partial charge in [-0.15, -0.1) is 0 Å². The number of hydrogen-bond acceptors (Lipinski definition) is 4. The minimum absolute atomic E-state index is 0.122. The Kier molecular flexibility index (Phi) is 5.40. The smallest absolute Gasteiger partial charge is 0.243 e. The average molecular weight is 361 g/mol. The van der Waals surface area contributed by atoms with Crippen molar-refractivity contribution in [2.24, 2.45) is 0 Å². The molecule has 0 bridgehead atoms. The fourth-order valence-electron chi connectivity index (χ4n) is 2.38. The van der Waals surface area contributed by atoms with E-state index >= 15 is 0 Å². The fraction of sp³-hybridized carbons (Fsp3) is 0.222. The predicted molar refractivity (Wildman–Crippen MR) is 94.2 cm³/mol. The number of carbonyl (C=O) groups is 2. The molecule has 0 aromatic heterocycles. The second-order valence-corrected chi connectivity index (χ2v) is 5.86. The summed E-state index contributed by atoms with van der Waals surface area (Å²) in [4.78, 5) is 23.9. The van der Waals surface area contributed by atoms with Crippen LogP contribution in [0.15, 0.2) is 42.5 Å². The molecule has 3 rings (SSSR count). The number of halogens is 1. The van der Waals surface area contributed by atoms with Crippen molar-refractivity contribution in [3.8, 4) is 11.5 Å². The highest BCUT2D eigenvalue weighted by atomic mass is 35.5. The molecule has 7 heteroatoms. The summed E-state index contributed by atoms with van der Waals surface area (Å²) in [7, 11) is 0. The van der Waals surface area contributed by atoms with E-state index in [0.717, 1.165) is 0 Å². The largest absolute Gasteiger partial charge is 0.486 e. The van der Waals surface area contributed by atoms with Crippen LogP contribution < -0.4 is 20.1 Å². The van der Waals surface area contributed by atoms with Gasteiger partial charge in [0, 0.05) is 16.8 Å². The Morgan fingerprint density at radius 2 is 1.76 bits per heavy atom. The van der Waals surface area contributed by atoms with E-state index in [-0.39, 0.29) is 24.8 Å². The number of nitrogens with one attached hydrogen (secondary N) is 2. The van der Waals surface area contributed by atoms with Gasteiger partial charge in [0.2, 0.25) is 11.8 Å². The molecule has 130 valence electrons. The van der Waals surface area contributed by atoms with Crippen molar-refractivity contribution < 1.29 is 19.1 Å². The molecule has 1 aliphatic rings. The Hall–Kier alpha value is -2.73. The first-order valence-electron chi connectivity index (χ1n) is 7.81. The van der Waals surface area contributed by atoms with Crippen molar-refractivity contribution in [1.82, 2.24) is 5.32 Å². The van der Waals surface area contributed by atoms with Crippen molar-refractivity contribution in [1.29, 1.82) is 0 Å². The van der Waals surface area contributed by atoms with Crippen molar-refractivity contribution in [2.75, 3.05) is 25.1 Å². The Morgan fingerprint density at radius 3 is 2.56 bits per heavy atom. The van der Waals surface area contributed by atoms with Gasteiger partial charge in [0.15, 0.2) is 11.5 Å². The Balaban J connectivity index is 1.49. The quantitative estimate of drug-likeness (QED) is 0.858. The van der Waals surface area contributed by atoms with Crippen molar-refractivity contribution in [3.63, 3.8) is 0 Å². The summed E-state index contributed by atoms with van der Waals surface area (Å²) in [6.07, 6.45) is 0.122. The van der Waals surface area contributed by atoms with Crippen LogP contribution in [0, 0.1) is 0 Å². The van der Waals surface area contributed by atoms with Gasteiger partial charge in [-0.3, -0.25) is 9.59 Å². The van der Waals surface area contributed by atoms with E-state index in [1.165, 1.54) is 0 Å². The molecule has 2 N–H and O–H groups in total. The van der Waals surface area contributed by atoms with Gasteiger partial charge in [-0.25, -0.2) is 0 Å². The predicted octanol–water partition coefficient (Wildman–Crippen LogP) is 2.41. The summed E-state index contributed by atoms with van der Waals surface area (Å²) in [5, 5.41) is 5.81. The lowest BCUT2D eigenvalue weighted by atomic mass is 10.1. The van der Waals surface area contributed by atoms with Gasteiger partial charge in [-0.05, 0) is 23.8 Å². The van der Waals surface area contributed by atoms with Gasteiger partial charge in [-0.2, -0.15) is 0 Å². The molecule has 0 aliphatic carbocycles. The number of anilines is 1. The number of amides is 2. The highest BCUT2D eigenvalue weighted by Gasteiger charge is 2.13. The zero-order chi connectivity index (χ0) is 17.6. The second-order valence-electron chi connectivity index (χ2n) is 5.45. The number of carbonyl (C=O) groups excluding carboxylic acids is 2. The molecular formula is C18H17ClN2O4. The SMILES string of the molecule is O=C(Cc1ccccc1Cl)NCC(=O)Nc1ccc2c(c1)OCCO2. The minimum Gasteiger partial charge on any atom is -0.486 e. The van der Waals surface area contributed by atoms with E-state index in [1.807, 2.05) is 6.07 Å². The summed E-state index contributed by atoms with van der Waals surface area (Å²) >= 11 is 6.02. The molecule has 2 aromatic rings. The molecule has 0 saturated carbocycles. The van der Waals surface area contributed by atoms with E-state index in [2.05, 4.69) is 10.6 Å². The average Bonchev–Trinajstić information content (AvgIpc) is 2.62. The van der Waals surface area contributed by atoms with Crippen molar-refractivity contribution >= 4 is 29.1 Å². The zero-order valence-electron chi connectivity index (χ0n) is 13.4. The molecule has 2 aromatic carbocycles. The topological polar surface area (TPSA) is 76.7 Å². The van der Waals surface area contributed by atoms with E-state index in [0.29, 0.717) is 41.0 Å². The third-order valence-electron chi connectivity index (χ3n) is 3.58. The lowest BCUT2D eigenvalue weighted by Crippen LogP contribution is -2.33. The van der Waals surface area contributed by atoms with Crippen LogP contribution in [0.5, 0.6) is 11.5 Å². The lowest BCUT2D eigenvalue weighted by Gasteiger charge is -2.19. The fourth-order valence-corrected chi connectivity index (χ4v) is 2.58. The highest BCUT2D eigenvalue weighted by molar-refractivity contribution is 6.31.